The van der Waals surface area contributed by atoms with Crippen molar-refractivity contribution in [3.63, 3.8) is 0 Å². The first-order valence-corrected chi connectivity index (χ1v) is 6.92. The lowest BCUT2D eigenvalue weighted by Gasteiger charge is -2.03. The average Bonchev–Trinajstić information content (AvgIpc) is 2.99. The van der Waals surface area contributed by atoms with E-state index in [0.29, 0.717) is 18.2 Å². The molecule has 0 aliphatic heterocycles. The van der Waals surface area contributed by atoms with Crippen molar-refractivity contribution in [3.05, 3.63) is 70.6 Å². The molecule has 0 saturated carbocycles. The Labute approximate surface area is 127 Å². The predicted molar refractivity (Wildman–Crippen MR) is 83.0 cm³/mol. The molecule has 0 amide bonds. The van der Waals surface area contributed by atoms with E-state index in [9.17, 15) is 4.79 Å². The maximum atomic E-state index is 11.9. The molecule has 2 heterocycles. The Bertz CT molecular complexity index is 832. The van der Waals surface area contributed by atoms with Crippen molar-refractivity contribution in [2.24, 2.45) is 0 Å². The number of hydrogen-bond donors (Lipinski definition) is 0. The van der Waals surface area contributed by atoms with Gasteiger partial charge in [0.2, 0.25) is 5.89 Å². The molecule has 1 aromatic carbocycles. The standard InChI is InChI=1S/C17H16N2O3/c1-12-7-8-19(17(20)9-12)11-16-18-10-15(22-16)13-3-5-14(21-2)6-4-13/h3-10H,11H2,1-2H3. The SMILES string of the molecule is COc1ccc(-c2cnc(Cn3ccc(C)cc3=O)o2)cc1. The van der Waals surface area contributed by atoms with Gasteiger partial charge in [-0.2, -0.15) is 0 Å². The summed E-state index contributed by atoms with van der Waals surface area (Å²) >= 11 is 0. The first-order valence-electron chi connectivity index (χ1n) is 6.92. The monoisotopic (exact) mass is 296 g/mol. The third-order valence-electron chi connectivity index (χ3n) is 3.39. The summed E-state index contributed by atoms with van der Waals surface area (Å²) in [6, 6.07) is 11.0. The Morgan fingerprint density at radius 3 is 2.68 bits per heavy atom. The molecule has 0 fully saturated rings. The molecule has 0 aliphatic carbocycles. The van der Waals surface area contributed by atoms with E-state index in [-0.39, 0.29) is 5.56 Å². The number of methoxy groups -OCH3 is 1. The maximum Gasteiger partial charge on any atom is 0.251 e. The molecule has 0 spiro atoms. The van der Waals surface area contributed by atoms with E-state index in [2.05, 4.69) is 4.98 Å². The van der Waals surface area contributed by atoms with Crippen molar-refractivity contribution in [2.75, 3.05) is 7.11 Å². The van der Waals surface area contributed by atoms with E-state index in [0.717, 1.165) is 16.9 Å². The van der Waals surface area contributed by atoms with Gasteiger partial charge < -0.3 is 13.7 Å². The second-order valence-corrected chi connectivity index (χ2v) is 5.02. The highest BCUT2D eigenvalue weighted by Crippen LogP contribution is 2.23. The minimum Gasteiger partial charge on any atom is -0.497 e. The smallest absolute Gasteiger partial charge is 0.251 e. The summed E-state index contributed by atoms with van der Waals surface area (Å²) in [6.45, 7) is 2.20. The molecule has 0 radical (unpaired) electrons. The zero-order chi connectivity index (χ0) is 15.5. The van der Waals surface area contributed by atoms with Crippen LogP contribution in [0.5, 0.6) is 5.75 Å². The molecule has 0 N–H and O–H groups in total. The van der Waals surface area contributed by atoms with Crippen LogP contribution >= 0.6 is 0 Å². The largest absolute Gasteiger partial charge is 0.497 e. The van der Waals surface area contributed by atoms with Gasteiger partial charge in [0, 0.05) is 17.8 Å². The van der Waals surface area contributed by atoms with E-state index in [1.54, 1.807) is 30.1 Å². The van der Waals surface area contributed by atoms with Gasteiger partial charge in [-0.05, 0) is 42.8 Å². The fourth-order valence-corrected chi connectivity index (χ4v) is 2.16. The van der Waals surface area contributed by atoms with E-state index < -0.39 is 0 Å². The summed E-state index contributed by atoms with van der Waals surface area (Å²) in [5.74, 6) is 1.95. The first kappa shape index (κ1) is 14.1. The summed E-state index contributed by atoms with van der Waals surface area (Å²) in [5.41, 5.74) is 1.78. The van der Waals surface area contributed by atoms with Crippen LogP contribution in [-0.4, -0.2) is 16.7 Å². The van der Waals surface area contributed by atoms with Crippen LogP contribution in [0.3, 0.4) is 0 Å². The van der Waals surface area contributed by atoms with Crippen LogP contribution in [0.4, 0.5) is 0 Å². The van der Waals surface area contributed by atoms with Crippen molar-refractivity contribution in [1.29, 1.82) is 0 Å². The van der Waals surface area contributed by atoms with E-state index >= 15 is 0 Å². The van der Waals surface area contributed by atoms with E-state index in [1.807, 2.05) is 37.3 Å². The molecule has 0 unspecified atom stereocenters. The van der Waals surface area contributed by atoms with Gasteiger partial charge in [0.05, 0.1) is 13.3 Å². The Morgan fingerprint density at radius 2 is 2.00 bits per heavy atom. The predicted octanol–water partition coefficient (Wildman–Crippen LogP) is 2.87. The van der Waals surface area contributed by atoms with Gasteiger partial charge in [-0.3, -0.25) is 4.79 Å². The number of rotatable bonds is 4. The van der Waals surface area contributed by atoms with Crippen molar-refractivity contribution in [3.8, 4) is 17.1 Å². The summed E-state index contributed by atoms with van der Waals surface area (Å²) in [6.07, 6.45) is 3.41. The third kappa shape index (κ3) is 2.93. The van der Waals surface area contributed by atoms with Gasteiger partial charge in [0.25, 0.3) is 5.56 Å². The van der Waals surface area contributed by atoms with Gasteiger partial charge in [-0.1, -0.05) is 0 Å². The van der Waals surface area contributed by atoms with Gasteiger partial charge in [0.1, 0.15) is 12.3 Å². The fraction of sp³-hybridized carbons (Fsp3) is 0.176. The number of oxazole rings is 1. The number of pyridine rings is 1. The molecular weight excluding hydrogens is 280 g/mol. The highest BCUT2D eigenvalue weighted by Gasteiger charge is 2.08. The zero-order valence-corrected chi connectivity index (χ0v) is 12.4. The van der Waals surface area contributed by atoms with Gasteiger partial charge in [0.15, 0.2) is 5.76 Å². The highest BCUT2D eigenvalue weighted by molar-refractivity contribution is 5.57. The van der Waals surface area contributed by atoms with E-state index in [4.69, 9.17) is 9.15 Å². The Morgan fingerprint density at radius 1 is 1.23 bits per heavy atom. The minimum absolute atomic E-state index is 0.0656. The molecule has 5 nitrogen and oxygen atoms in total. The first-order chi connectivity index (χ1) is 10.7. The molecule has 3 rings (SSSR count). The molecular formula is C17H16N2O3. The molecule has 0 bridgehead atoms. The van der Waals surface area contributed by atoms with E-state index in [1.165, 1.54) is 0 Å². The topological polar surface area (TPSA) is 57.3 Å². The van der Waals surface area contributed by atoms with Crippen molar-refractivity contribution >= 4 is 0 Å². The third-order valence-corrected chi connectivity index (χ3v) is 3.39. The molecule has 112 valence electrons. The zero-order valence-electron chi connectivity index (χ0n) is 12.4. The molecule has 0 atom stereocenters. The maximum absolute atomic E-state index is 11.9. The van der Waals surface area contributed by atoms with Crippen LogP contribution in [-0.2, 0) is 6.54 Å². The summed E-state index contributed by atoms with van der Waals surface area (Å²) < 4.78 is 12.4. The van der Waals surface area contributed by atoms with Crippen molar-refractivity contribution in [1.82, 2.24) is 9.55 Å². The number of aromatic nitrogens is 2. The lowest BCUT2D eigenvalue weighted by molar-refractivity contribution is 0.415. The number of aryl methyl sites for hydroxylation is 1. The summed E-state index contributed by atoms with van der Waals surface area (Å²) in [4.78, 5) is 16.1. The average molecular weight is 296 g/mol. The second kappa shape index (κ2) is 5.89. The van der Waals surface area contributed by atoms with Gasteiger partial charge in [-0.25, -0.2) is 4.98 Å². The molecule has 0 aliphatic rings. The Kier molecular flexibility index (Phi) is 3.78. The summed E-state index contributed by atoms with van der Waals surface area (Å²) in [7, 11) is 1.63. The molecule has 3 aromatic rings. The van der Waals surface area contributed by atoms with Crippen LogP contribution in [0.15, 0.2) is 58.0 Å². The Balaban J connectivity index is 1.82. The van der Waals surface area contributed by atoms with Crippen LogP contribution in [0.2, 0.25) is 0 Å². The lowest BCUT2D eigenvalue weighted by atomic mass is 10.2. The minimum atomic E-state index is -0.0656. The second-order valence-electron chi connectivity index (χ2n) is 5.02. The molecule has 5 heteroatoms. The van der Waals surface area contributed by atoms with Crippen LogP contribution in [0.25, 0.3) is 11.3 Å². The van der Waals surface area contributed by atoms with Crippen LogP contribution < -0.4 is 10.3 Å². The van der Waals surface area contributed by atoms with Crippen LogP contribution in [0.1, 0.15) is 11.5 Å². The highest BCUT2D eigenvalue weighted by atomic mass is 16.5. The Hall–Kier alpha value is -2.82. The van der Waals surface area contributed by atoms with Crippen molar-refractivity contribution < 1.29 is 9.15 Å². The molecule has 2 aromatic heterocycles. The normalized spacial score (nSPS) is 10.6. The summed E-state index contributed by atoms with van der Waals surface area (Å²) in [5, 5.41) is 0. The molecule has 22 heavy (non-hydrogen) atoms. The number of nitrogens with zero attached hydrogens (tertiary/aromatic N) is 2. The van der Waals surface area contributed by atoms with Crippen LogP contribution in [0, 0.1) is 6.92 Å². The van der Waals surface area contributed by atoms with Crippen molar-refractivity contribution in [2.45, 2.75) is 13.5 Å². The quantitative estimate of drug-likeness (QED) is 0.743. The lowest BCUT2D eigenvalue weighted by Crippen LogP contribution is -2.19. The molecule has 0 saturated heterocycles. The van der Waals surface area contributed by atoms with Gasteiger partial charge >= 0.3 is 0 Å². The number of ether oxygens (including phenoxy) is 1. The van der Waals surface area contributed by atoms with Gasteiger partial charge in [-0.15, -0.1) is 0 Å². The fourth-order valence-electron chi connectivity index (χ4n) is 2.16. The number of hydrogen-bond acceptors (Lipinski definition) is 4. The number of benzene rings is 1.